The number of hydrogen-bond acceptors (Lipinski definition) is 13. The Morgan fingerprint density at radius 3 is 0.820 bits per heavy atom. The Morgan fingerprint density at radius 2 is 0.590 bits per heavy atom. The molecule has 0 aromatic rings. The fourth-order valence-corrected chi connectivity index (χ4v) is 4.79. The van der Waals surface area contributed by atoms with Gasteiger partial charge in [-0.2, -0.15) is 0 Å². The average Bonchev–Trinajstić information content (AvgIpc) is 3.08. The fraction of sp³-hybridized carbons (Fsp3) is 0.800. The molecule has 0 aliphatic heterocycles. The van der Waals surface area contributed by atoms with Crippen molar-refractivity contribution in [2.24, 2.45) is 0 Å². The van der Waals surface area contributed by atoms with Crippen molar-refractivity contribution < 1.29 is 57.3 Å². The Balaban J connectivity index is 4.71. The molecule has 0 bridgehead atoms. The zero-order chi connectivity index (χ0) is 46.9. The van der Waals surface area contributed by atoms with Gasteiger partial charge in [0, 0.05) is 104 Å². The summed E-state index contributed by atoms with van der Waals surface area (Å²) in [6.07, 6.45) is -2.91. The van der Waals surface area contributed by atoms with Gasteiger partial charge in [-0.15, -0.1) is 0 Å². The first-order chi connectivity index (χ1) is 28.0. The molecule has 0 heterocycles. The quantitative estimate of drug-likeness (QED) is 0.0542. The lowest BCUT2D eigenvalue weighted by atomic mass is 10.2. The van der Waals surface area contributed by atoms with E-state index in [2.05, 4.69) is 37.2 Å². The lowest BCUT2D eigenvalue weighted by molar-refractivity contribution is -0.133. The molecule has 0 saturated heterocycles. The van der Waals surface area contributed by atoms with Crippen molar-refractivity contribution in [1.82, 2.24) is 47.0 Å². The van der Waals surface area contributed by atoms with Crippen molar-refractivity contribution >= 4 is 48.0 Å². The summed E-state index contributed by atoms with van der Waals surface area (Å²) in [5.74, 6) is -1.38. The molecule has 0 aromatic carbocycles. The van der Waals surface area contributed by atoms with Crippen LogP contribution in [0.1, 0.15) is 109 Å². The highest BCUT2D eigenvalue weighted by Crippen LogP contribution is 2.09. The van der Waals surface area contributed by atoms with Crippen molar-refractivity contribution in [2.75, 3.05) is 78.5 Å². The molecule has 0 spiro atoms. The Kier molecular flexibility index (Phi) is 25.4. The van der Waals surface area contributed by atoms with E-state index in [0.717, 1.165) is 0 Å². The minimum Gasteiger partial charge on any atom is -0.444 e. The first-order valence-electron chi connectivity index (χ1n) is 20.7. The molecular weight excluding hydrogens is 798 g/mol. The second-order valence-corrected chi connectivity index (χ2v) is 17.9. The van der Waals surface area contributed by atoms with Gasteiger partial charge in [0.1, 0.15) is 22.4 Å². The second-order valence-electron chi connectivity index (χ2n) is 17.9. The predicted octanol–water partition coefficient (Wildman–Crippen LogP) is 2.12. The van der Waals surface area contributed by atoms with Gasteiger partial charge < -0.3 is 66.0 Å². The Hall–Kier alpha value is -5.08. The minimum absolute atomic E-state index is 0.0823. The third kappa shape index (κ3) is 34.3. The van der Waals surface area contributed by atoms with E-state index in [-0.39, 0.29) is 115 Å². The topological polar surface area (TPSA) is 264 Å². The maximum absolute atomic E-state index is 13.0. The summed E-state index contributed by atoms with van der Waals surface area (Å²) in [7, 11) is 0. The number of amides is 8. The third-order valence-corrected chi connectivity index (χ3v) is 7.28. The number of alkyl carbamates (subject to hydrolysis) is 4. The van der Waals surface area contributed by atoms with Crippen LogP contribution in [0.2, 0.25) is 0 Å². The number of carbonyl (C=O) groups excluding carboxylic acids is 8. The molecule has 0 fully saturated rings. The summed E-state index contributed by atoms with van der Waals surface area (Å²) in [4.78, 5) is 102. The van der Waals surface area contributed by atoms with E-state index in [1.165, 1.54) is 9.80 Å². The van der Waals surface area contributed by atoms with Crippen LogP contribution >= 0.6 is 0 Å². The second kappa shape index (κ2) is 27.7. The maximum atomic E-state index is 13.0. The summed E-state index contributed by atoms with van der Waals surface area (Å²) in [5, 5.41) is 18.9. The van der Waals surface area contributed by atoms with Crippen molar-refractivity contribution in [1.29, 1.82) is 0 Å². The molecule has 352 valence electrons. The van der Waals surface area contributed by atoms with Crippen LogP contribution in [0.3, 0.4) is 0 Å². The van der Waals surface area contributed by atoms with Crippen LogP contribution in [0, 0.1) is 0 Å². The van der Waals surface area contributed by atoms with Gasteiger partial charge in [-0.25, -0.2) is 19.2 Å². The maximum Gasteiger partial charge on any atom is 0.407 e. The van der Waals surface area contributed by atoms with Crippen LogP contribution < -0.4 is 37.2 Å². The van der Waals surface area contributed by atoms with Gasteiger partial charge in [-0.1, -0.05) is 0 Å². The monoisotopic (exact) mass is 874 g/mol. The van der Waals surface area contributed by atoms with Crippen molar-refractivity contribution in [2.45, 2.75) is 131 Å². The summed E-state index contributed by atoms with van der Waals surface area (Å²) in [5.41, 5.74) is -2.77. The first-order valence-corrected chi connectivity index (χ1v) is 20.7. The standard InChI is InChI=1S/C40H75N9O12/c1-37(2,3)58-33(54)44-21-25-48(26-22-45-34(55)59-38(4,5)6)31(52)15-13-29(50)42-19-17-41-18-20-43-30(51)14-16-32(53)49(27-23-46-35(56)60-39(7,8)9)28-24-47-36(57)61-40(10,11)12/h41H,13-28H2,1-12H3,(H,42,50)(H,43,51)(H,44,54)(H,45,55)(H,46,56)(H,47,57). The van der Waals surface area contributed by atoms with E-state index in [4.69, 9.17) is 18.9 Å². The number of ether oxygens (including phenoxy) is 4. The highest BCUT2D eigenvalue weighted by atomic mass is 16.6. The smallest absolute Gasteiger partial charge is 0.407 e. The van der Waals surface area contributed by atoms with E-state index in [1.54, 1.807) is 83.1 Å². The molecule has 0 aliphatic rings. The van der Waals surface area contributed by atoms with Gasteiger partial charge in [0.2, 0.25) is 23.6 Å². The van der Waals surface area contributed by atoms with Crippen molar-refractivity contribution in [3.05, 3.63) is 0 Å². The Bertz CT molecular complexity index is 1250. The van der Waals surface area contributed by atoms with Gasteiger partial charge >= 0.3 is 24.4 Å². The van der Waals surface area contributed by atoms with Gasteiger partial charge in [-0.05, 0) is 83.1 Å². The molecule has 0 rings (SSSR count). The van der Waals surface area contributed by atoms with Gasteiger partial charge in [0.15, 0.2) is 0 Å². The molecule has 21 heteroatoms. The van der Waals surface area contributed by atoms with Crippen LogP contribution in [0.4, 0.5) is 19.2 Å². The summed E-state index contributed by atoms with van der Waals surface area (Å²) in [6, 6.07) is 0. The normalized spacial score (nSPS) is 11.6. The SMILES string of the molecule is CC(C)(C)OC(=O)NCCN(CCNC(=O)OC(C)(C)C)C(=O)CCC(=O)NCCNCCNC(=O)CCC(=O)N(CCNC(=O)OC(C)(C)C)CCNC(=O)OC(C)(C)C. The van der Waals surface area contributed by atoms with Crippen LogP contribution in [-0.2, 0) is 38.1 Å². The van der Waals surface area contributed by atoms with Crippen molar-refractivity contribution in [3.63, 3.8) is 0 Å². The van der Waals surface area contributed by atoms with Crippen LogP contribution in [0.15, 0.2) is 0 Å². The van der Waals surface area contributed by atoms with Gasteiger partial charge in [0.25, 0.3) is 0 Å². The zero-order valence-electron chi connectivity index (χ0n) is 38.6. The summed E-state index contributed by atoms with van der Waals surface area (Å²) >= 11 is 0. The molecule has 21 nitrogen and oxygen atoms in total. The van der Waals surface area contributed by atoms with Crippen LogP contribution in [0.5, 0.6) is 0 Å². The van der Waals surface area contributed by atoms with E-state index >= 15 is 0 Å². The lowest BCUT2D eigenvalue weighted by Crippen LogP contribution is -2.44. The lowest BCUT2D eigenvalue weighted by Gasteiger charge is -2.25. The summed E-state index contributed by atoms with van der Waals surface area (Å²) in [6.45, 7) is 22.9. The first kappa shape index (κ1) is 55.9. The van der Waals surface area contributed by atoms with Crippen LogP contribution in [-0.4, -0.2) is 159 Å². The molecular formula is C40H75N9O12. The third-order valence-electron chi connectivity index (χ3n) is 7.28. The molecule has 7 N–H and O–H groups in total. The summed E-state index contributed by atoms with van der Waals surface area (Å²) < 4.78 is 20.9. The Morgan fingerprint density at radius 1 is 0.344 bits per heavy atom. The van der Waals surface area contributed by atoms with E-state index in [1.807, 2.05) is 0 Å². The zero-order valence-corrected chi connectivity index (χ0v) is 38.6. The number of nitrogens with one attached hydrogen (secondary N) is 7. The highest BCUT2D eigenvalue weighted by Gasteiger charge is 2.22. The minimum atomic E-state index is -0.692. The van der Waals surface area contributed by atoms with E-state index < -0.39 is 46.8 Å². The number of carbonyl (C=O) groups is 8. The van der Waals surface area contributed by atoms with Crippen molar-refractivity contribution in [3.8, 4) is 0 Å². The molecule has 0 radical (unpaired) electrons. The number of hydrogen-bond donors (Lipinski definition) is 7. The molecule has 0 saturated carbocycles. The average molecular weight is 874 g/mol. The number of nitrogens with zero attached hydrogens (tertiary/aromatic N) is 2. The molecule has 0 aliphatic carbocycles. The molecule has 0 unspecified atom stereocenters. The fourth-order valence-electron chi connectivity index (χ4n) is 4.79. The van der Waals surface area contributed by atoms with Gasteiger partial charge in [-0.3, -0.25) is 19.2 Å². The largest absolute Gasteiger partial charge is 0.444 e. The molecule has 8 amide bonds. The van der Waals surface area contributed by atoms with E-state index in [9.17, 15) is 38.4 Å². The molecule has 61 heavy (non-hydrogen) atoms. The highest BCUT2D eigenvalue weighted by molar-refractivity contribution is 5.84. The molecule has 0 aromatic heterocycles. The molecule has 0 atom stereocenters. The Labute approximate surface area is 361 Å². The predicted molar refractivity (Wildman–Crippen MR) is 227 cm³/mol. The number of rotatable bonds is 24. The van der Waals surface area contributed by atoms with Gasteiger partial charge in [0.05, 0.1) is 0 Å². The van der Waals surface area contributed by atoms with Crippen LogP contribution in [0.25, 0.3) is 0 Å². The van der Waals surface area contributed by atoms with E-state index in [0.29, 0.717) is 13.1 Å².